The highest BCUT2D eigenvalue weighted by Crippen LogP contribution is 2.22. The Morgan fingerprint density at radius 1 is 1.41 bits per heavy atom. The van der Waals surface area contributed by atoms with E-state index < -0.39 is 0 Å². The van der Waals surface area contributed by atoms with Crippen LogP contribution >= 0.6 is 22.9 Å². The Balaban J connectivity index is 2.05. The number of aromatic nitrogens is 2. The van der Waals surface area contributed by atoms with Crippen molar-refractivity contribution >= 4 is 34.7 Å². The Hall–Kier alpha value is -1.37. The van der Waals surface area contributed by atoms with Gasteiger partial charge in [0.15, 0.2) is 0 Å². The lowest BCUT2D eigenvalue weighted by atomic mass is 10.4. The second kappa shape index (κ2) is 5.31. The van der Waals surface area contributed by atoms with Crippen molar-refractivity contribution in [3.63, 3.8) is 0 Å². The van der Waals surface area contributed by atoms with Gasteiger partial charge in [-0.15, -0.1) is 11.3 Å². The molecule has 0 aliphatic rings. The maximum Gasteiger partial charge on any atom is 0.239 e. The van der Waals surface area contributed by atoms with Gasteiger partial charge in [-0.2, -0.15) is 4.98 Å². The zero-order valence-corrected chi connectivity index (χ0v) is 10.8. The van der Waals surface area contributed by atoms with Gasteiger partial charge in [0.05, 0.1) is 10.9 Å². The maximum atomic E-state index is 5.85. The predicted octanol–water partition coefficient (Wildman–Crippen LogP) is 2.40. The Kier molecular flexibility index (Phi) is 3.78. The van der Waals surface area contributed by atoms with Crippen molar-refractivity contribution in [2.75, 3.05) is 10.7 Å². The van der Waals surface area contributed by atoms with E-state index >= 15 is 0 Å². The zero-order valence-electron chi connectivity index (χ0n) is 9.20. The largest absolute Gasteiger partial charge is 0.365 e. The molecule has 4 N–H and O–H groups in total. The number of hydrogen-bond donors (Lipinski definition) is 3. The van der Waals surface area contributed by atoms with Gasteiger partial charge in [-0.05, 0) is 19.1 Å². The number of halogens is 1. The minimum atomic E-state index is 0.400. The second-order valence-electron chi connectivity index (χ2n) is 3.42. The molecule has 0 aliphatic heterocycles. The summed E-state index contributed by atoms with van der Waals surface area (Å²) in [5.74, 6) is 6.41. The minimum Gasteiger partial charge on any atom is -0.365 e. The molecule has 0 atom stereocenters. The number of nitrogen functional groups attached to an aromatic ring is 1. The van der Waals surface area contributed by atoms with Crippen LogP contribution in [0.15, 0.2) is 18.2 Å². The van der Waals surface area contributed by atoms with Crippen molar-refractivity contribution in [3.8, 4) is 0 Å². The van der Waals surface area contributed by atoms with Gasteiger partial charge in [-0.1, -0.05) is 11.6 Å². The first kappa shape index (κ1) is 12.1. The van der Waals surface area contributed by atoms with Crippen molar-refractivity contribution in [1.29, 1.82) is 0 Å². The highest BCUT2D eigenvalue weighted by atomic mass is 35.5. The van der Waals surface area contributed by atoms with Crippen LogP contribution in [-0.2, 0) is 6.54 Å². The third-order valence-corrected chi connectivity index (χ3v) is 3.29. The second-order valence-corrected chi connectivity index (χ2v) is 5.22. The smallest absolute Gasteiger partial charge is 0.239 e. The van der Waals surface area contributed by atoms with Crippen molar-refractivity contribution < 1.29 is 0 Å². The van der Waals surface area contributed by atoms with Crippen LogP contribution in [0.1, 0.15) is 10.6 Å². The lowest BCUT2D eigenvalue weighted by Crippen LogP contribution is -2.12. The summed E-state index contributed by atoms with van der Waals surface area (Å²) in [4.78, 5) is 9.44. The van der Waals surface area contributed by atoms with Crippen molar-refractivity contribution in [2.24, 2.45) is 5.84 Å². The zero-order chi connectivity index (χ0) is 12.3. The third-order valence-electron chi connectivity index (χ3n) is 2.06. The normalized spacial score (nSPS) is 10.3. The van der Waals surface area contributed by atoms with Gasteiger partial charge in [0.2, 0.25) is 5.95 Å². The first-order valence-electron chi connectivity index (χ1n) is 4.98. The summed E-state index contributed by atoms with van der Waals surface area (Å²) < 4.78 is 0.782. The van der Waals surface area contributed by atoms with E-state index in [1.807, 2.05) is 25.1 Å². The lowest BCUT2D eigenvalue weighted by Gasteiger charge is -2.06. The quantitative estimate of drug-likeness (QED) is 0.587. The summed E-state index contributed by atoms with van der Waals surface area (Å²) in [7, 11) is 0. The van der Waals surface area contributed by atoms with Gasteiger partial charge in [-0.3, -0.25) is 5.43 Å². The average molecular weight is 270 g/mol. The molecule has 2 heterocycles. The average Bonchev–Trinajstić information content (AvgIpc) is 2.72. The Labute approximate surface area is 108 Å². The molecular weight excluding hydrogens is 258 g/mol. The number of hydrazine groups is 1. The highest BCUT2D eigenvalue weighted by molar-refractivity contribution is 7.16. The van der Waals surface area contributed by atoms with Gasteiger partial charge < -0.3 is 5.32 Å². The molecule has 0 bridgehead atoms. The third kappa shape index (κ3) is 3.29. The van der Waals surface area contributed by atoms with E-state index in [-0.39, 0.29) is 0 Å². The maximum absolute atomic E-state index is 5.85. The van der Waals surface area contributed by atoms with Crippen LogP contribution in [0.5, 0.6) is 0 Å². The summed E-state index contributed by atoms with van der Waals surface area (Å²) in [6.45, 7) is 2.56. The van der Waals surface area contributed by atoms with Crippen molar-refractivity contribution in [2.45, 2.75) is 13.5 Å². The van der Waals surface area contributed by atoms with Crippen LogP contribution in [-0.4, -0.2) is 9.97 Å². The summed E-state index contributed by atoms with van der Waals surface area (Å²) in [5.41, 5.74) is 3.28. The molecule has 2 aromatic heterocycles. The van der Waals surface area contributed by atoms with Crippen LogP contribution in [0.25, 0.3) is 0 Å². The fraction of sp³-hybridized carbons (Fsp3) is 0.200. The van der Waals surface area contributed by atoms with Crippen LogP contribution < -0.4 is 16.6 Å². The summed E-state index contributed by atoms with van der Waals surface area (Å²) >= 11 is 7.39. The SMILES string of the molecule is Cc1cc(NCc2ccc(Cl)s2)nc(NN)n1. The molecule has 0 unspecified atom stereocenters. The molecule has 0 amide bonds. The first-order valence-corrected chi connectivity index (χ1v) is 6.17. The molecule has 0 saturated heterocycles. The number of anilines is 2. The molecule has 0 fully saturated rings. The Morgan fingerprint density at radius 2 is 2.24 bits per heavy atom. The number of nitrogens with zero attached hydrogens (tertiary/aromatic N) is 2. The number of nitrogens with one attached hydrogen (secondary N) is 2. The highest BCUT2D eigenvalue weighted by Gasteiger charge is 2.02. The monoisotopic (exact) mass is 269 g/mol. The molecule has 0 saturated carbocycles. The number of aryl methyl sites for hydroxylation is 1. The van der Waals surface area contributed by atoms with E-state index in [4.69, 9.17) is 17.4 Å². The van der Waals surface area contributed by atoms with Crippen LogP contribution in [0.3, 0.4) is 0 Å². The Bertz CT molecular complexity index is 513. The Morgan fingerprint density at radius 3 is 2.88 bits per heavy atom. The van der Waals surface area contributed by atoms with Gasteiger partial charge in [0, 0.05) is 16.6 Å². The topological polar surface area (TPSA) is 75.9 Å². The van der Waals surface area contributed by atoms with Gasteiger partial charge in [-0.25, -0.2) is 10.8 Å². The molecule has 0 radical (unpaired) electrons. The number of rotatable bonds is 4. The number of thiophene rings is 1. The molecular formula is C10H12ClN5S. The van der Waals surface area contributed by atoms with Crippen molar-refractivity contribution in [3.05, 3.63) is 33.1 Å². The predicted molar refractivity (Wildman–Crippen MR) is 71.2 cm³/mol. The number of hydrogen-bond acceptors (Lipinski definition) is 6. The van der Waals surface area contributed by atoms with Crippen LogP contribution in [0.4, 0.5) is 11.8 Å². The molecule has 7 heteroatoms. The standard InChI is InChI=1S/C10H12ClN5S/c1-6-4-9(15-10(14-6)16-12)13-5-7-2-3-8(11)17-7/h2-4H,5,12H2,1H3,(H2,13,14,15,16). The summed E-state index contributed by atoms with van der Waals surface area (Å²) in [5, 5.41) is 3.19. The van der Waals surface area contributed by atoms with Gasteiger partial charge >= 0.3 is 0 Å². The van der Waals surface area contributed by atoms with E-state index in [2.05, 4.69) is 20.7 Å². The van der Waals surface area contributed by atoms with E-state index in [0.29, 0.717) is 12.5 Å². The molecule has 0 aromatic carbocycles. The molecule has 2 aromatic rings. The van der Waals surface area contributed by atoms with Crippen molar-refractivity contribution in [1.82, 2.24) is 9.97 Å². The van der Waals surface area contributed by atoms with E-state index in [1.165, 1.54) is 0 Å². The fourth-order valence-electron chi connectivity index (χ4n) is 1.35. The van der Waals surface area contributed by atoms with Gasteiger partial charge in [0.1, 0.15) is 5.82 Å². The fourth-order valence-corrected chi connectivity index (χ4v) is 2.38. The molecule has 2 rings (SSSR count). The van der Waals surface area contributed by atoms with Gasteiger partial charge in [0.25, 0.3) is 0 Å². The summed E-state index contributed by atoms with van der Waals surface area (Å²) in [6.07, 6.45) is 0. The van der Waals surface area contributed by atoms with E-state index in [1.54, 1.807) is 11.3 Å². The van der Waals surface area contributed by atoms with Crippen LogP contribution in [0.2, 0.25) is 4.34 Å². The summed E-state index contributed by atoms with van der Waals surface area (Å²) in [6, 6.07) is 5.72. The molecule has 5 nitrogen and oxygen atoms in total. The minimum absolute atomic E-state index is 0.400. The number of nitrogens with two attached hydrogens (primary N) is 1. The molecule has 0 aliphatic carbocycles. The molecule has 90 valence electrons. The first-order chi connectivity index (χ1) is 8.17. The molecule has 0 spiro atoms. The van der Waals surface area contributed by atoms with Crippen LogP contribution in [0, 0.1) is 6.92 Å². The van der Waals surface area contributed by atoms with E-state index in [0.717, 1.165) is 20.7 Å². The van der Waals surface area contributed by atoms with E-state index in [9.17, 15) is 0 Å². The molecule has 17 heavy (non-hydrogen) atoms. The lowest BCUT2D eigenvalue weighted by molar-refractivity contribution is 1.05.